The van der Waals surface area contributed by atoms with Crippen molar-refractivity contribution in [1.29, 1.82) is 0 Å². The number of aromatic nitrogens is 2. The summed E-state index contributed by atoms with van der Waals surface area (Å²) in [5.74, 6) is -0.559. The molecule has 0 radical (unpaired) electrons. The molecule has 1 N–H and O–H groups in total. The summed E-state index contributed by atoms with van der Waals surface area (Å²) in [5.41, 5.74) is 5.45. The maximum Gasteiger partial charge on any atom is 0.331 e. The number of ether oxygens (including phenoxy) is 1. The van der Waals surface area contributed by atoms with Crippen molar-refractivity contribution >= 4 is 34.5 Å². The summed E-state index contributed by atoms with van der Waals surface area (Å²) in [4.78, 5) is 28.1. The second kappa shape index (κ2) is 10.1. The molecule has 3 aliphatic carbocycles. The molecule has 1 aromatic heterocycles. The van der Waals surface area contributed by atoms with Crippen LogP contribution in [0.15, 0.2) is 48.2 Å². The monoisotopic (exact) mass is 553 g/mol. The van der Waals surface area contributed by atoms with Crippen LogP contribution in [0.5, 0.6) is 0 Å². The summed E-state index contributed by atoms with van der Waals surface area (Å²) in [5, 5.41) is 15.2. The lowest BCUT2D eigenvalue weighted by molar-refractivity contribution is -0.186. The zero-order valence-corrected chi connectivity index (χ0v) is 23.9. The van der Waals surface area contributed by atoms with Crippen LogP contribution in [0.3, 0.4) is 0 Å². The molecule has 2 bridgehead atoms. The fourth-order valence-electron chi connectivity index (χ4n) is 7.91. The zero-order valence-electron chi connectivity index (χ0n) is 23.9. The van der Waals surface area contributed by atoms with Crippen molar-refractivity contribution in [1.82, 2.24) is 9.78 Å². The average molecular weight is 554 g/mol. The summed E-state index contributed by atoms with van der Waals surface area (Å²) in [7, 11) is 1.97. The number of carbonyl (C=O) groups is 2. The molecule has 7 nitrogen and oxygen atoms in total. The number of anilines is 1. The normalized spacial score (nSPS) is 26.0. The van der Waals surface area contributed by atoms with Crippen LogP contribution in [0.25, 0.3) is 17.0 Å². The maximum absolute atomic E-state index is 14.3. The van der Waals surface area contributed by atoms with Gasteiger partial charge >= 0.3 is 5.97 Å². The molecule has 3 heterocycles. The largest absolute Gasteiger partial charge is 0.478 e. The number of rotatable bonds is 6. The molecule has 7 heteroatoms. The standard InChI is InChI=1S/C34H39N3O4/c1-36-29-13-11-27(19-26(29)20-35-36)34-16-14-33(15-17-34,22-41-34)21-37(31(38)23-6-3-2-4-7-23)30-9-5-8-24-18-25(32(39)40)10-12-28(24)30/h5,8-9,11,13,18-20,23H,2-4,6-7,10,12,14-17,21-22H2,1H3,(H,39,40). The van der Waals surface area contributed by atoms with E-state index in [0.717, 1.165) is 79.1 Å². The van der Waals surface area contributed by atoms with Crippen LogP contribution in [0, 0.1) is 11.3 Å². The van der Waals surface area contributed by atoms with Gasteiger partial charge in [-0.05, 0) is 92.3 Å². The molecule has 3 aromatic rings. The molecule has 1 amide bonds. The van der Waals surface area contributed by atoms with Crippen molar-refractivity contribution in [3.05, 3.63) is 64.9 Å². The topological polar surface area (TPSA) is 84.7 Å². The molecule has 5 aliphatic rings. The Labute approximate surface area is 241 Å². The van der Waals surface area contributed by atoms with E-state index in [9.17, 15) is 14.7 Å². The van der Waals surface area contributed by atoms with E-state index in [0.29, 0.717) is 31.6 Å². The molecule has 4 fully saturated rings. The maximum atomic E-state index is 14.3. The van der Waals surface area contributed by atoms with E-state index in [2.05, 4.69) is 34.3 Å². The zero-order chi connectivity index (χ0) is 28.2. The summed E-state index contributed by atoms with van der Waals surface area (Å²) in [6.07, 6.45) is 14.1. The van der Waals surface area contributed by atoms with E-state index in [4.69, 9.17) is 4.74 Å². The first-order valence-corrected chi connectivity index (χ1v) is 15.3. The van der Waals surface area contributed by atoms with Crippen LogP contribution in [-0.2, 0) is 33.4 Å². The Morgan fingerprint density at radius 2 is 1.88 bits per heavy atom. The second-order valence-electron chi connectivity index (χ2n) is 12.9. The van der Waals surface area contributed by atoms with Crippen LogP contribution in [0.4, 0.5) is 5.69 Å². The highest BCUT2D eigenvalue weighted by molar-refractivity contribution is 5.98. The molecule has 2 saturated carbocycles. The number of benzene rings is 2. The lowest BCUT2D eigenvalue weighted by Gasteiger charge is -2.54. The highest BCUT2D eigenvalue weighted by atomic mass is 16.5. The number of nitrogens with zero attached hydrogens (tertiary/aromatic N) is 3. The molecular weight excluding hydrogens is 514 g/mol. The van der Waals surface area contributed by atoms with E-state index in [1.165, 1.54) is 12.0 Å². The fourth-order valence-corrected chi connectivity index (χ4v) is 7.91. The molecule has 214 valence electrons. The quantitative estimate of drug-likeness (QED) is 0.383. The molecule has 0 unspecified atom stereocenters. The summed E-state index contributed by atoms with van der Waals surface area (Å²) >= 11 is 0. The molecule has 2 aromatic carbocycles. The molecule has 2 aliphatic heterocycles. The van der Waals surface area contributed by atoms with Crippen molar-refractivity contribution in [2.45, 2.75) is 76.2 Å². The first-order chi connectivity index (χ1) is 19.9. The number of carboxylic acids is 1. The number of hydrogen-bond donors (Lipinski definition) is 1. The van der Waals surface area contributed by atoms with Gasteiger partial charge in [0.05, 0.1) is 23.9 Å². The summed E-state index contributed by atoms with van der Waals surface area (Å²) < 4.78 is 8.69. The van der Waals surface area contributed by atoms with E-state index in [1.54, 1.807) is 6.08 Å². The van der Waals surface area contributed by atoms with E-state index in [1.807, 2.05) is 30.1 Å². The Balaban J connectivity index is 1.18. The highest BCUT2D eigenvalue weighted by Gasteiger charge is 2.52. The van der Waals surface area contributed by atoms with Crippen LogP contribution >= 0.6 is 0 Å². The van der Waals surface area contributed by atoms with Gasteiger partial charge in [0, 0.05) is 41.6 Å². The minimum Gasteiger partial charge on any atom is -0.478 e. The van der Waals surface area contributed by atoms with Gasteiger partial charge in [-0.2, -0.15) is 5.10 Å². The number of fused-ring (bicyclic) bond motifs is 5. The van der Waals surface area contributed by atoms with Gasteiger partial charge in [-0.25, -0.2) is 4.79 Å². The van der Waals surface area contributed by atoms with Crippen molar-refractivity contribution in [2.75, 3.05) is 18.1 Å². The summed E-state index contributed by atoms with van der Waals surface area (Å²) in [6, 6.07) is 12.6. The van der Waals surface area contributed by atoms with Crippen molar-refractivity contribution < 1.29 is 19.4 Å². The Kier molecular flexibility index (Phi) is 6.53. The lowest BCUT2D eigenvalue weighted by Crippen LogP contribution is -2.55. The smallest absolute Gasteiger partial charge is 0.331 e. The minimum absolute atomic E-state index is 0.0584. The Hall–Kier alpha value is -3.45. The van der Waals surface area contributed by atoms with E-state index in [-0.39, 0.29) is 22.8 Å². The molecular formula is C34H39N3O4. The van der Waals surface area contributed by atoms with Crippen LogP contribution < -0.4 is 4.90 Å². The van der Waals surface area contributed by atoms with Crippen molar-refractivity contribution in [3.63, 3.8) is 0 Å². The number of aliphatic carboxylic acids is 1. The fraction of sp³-hybridized carbons (Fsp3) is 0.500. The molecule has 0 atom stereocenters. The third-order valence-electron chi connectivity index (χ3n) is 10.5. The predicted octanol–water partition coefficient (Wildman–Crippen LogP) is 6.39. The molecule has 8 rings (SSSR count). The van der Waals surface area contributed by atoms with Gasteiger partial charge in [-0.3, -0.25) is 9.48 Å². The van der Waals surface area contributed by atoms with Gasteiger partial charge in [0.1, 0.15) is 0 Å². The van der Waals surface area contributed by atoms with Gasteiger partial charge in [-0.1, -0.05) is 37.5 Å². The number of carbonyl (C=O) groups excluding carboxylic acids is 1. The van der Waals surface area contributed by atoms with E-state index < -0.39 is 5.97 Å². The summed E-state index contributed by atoms with van der Waals surface area (Å²) in [6.45, 7) is 1.30. The van der Waals surface area contributed by atoms with Crippen LogP contribution in [0.1, 0.15) is 80.9 Å². The number of amides is 1. The average Bonchev–Trinajstić information content (AvgIpc) is 3.40. The third kappa shape index (κ3) is 4.58. The molecule has 0 spiro atoms. The molecule has 2 saturated heterocycles. The second-order valence-corrected chi connectivity index (χ2v) is 12.9. The minimum atomic E-state index is -0.859. The van der Waals surface area contributed by atoms with Crippen LogP contribution in [-0.4, -0.2) is 39.9 Å². The Bertz CT molecular complexity index is 1520. The van der Waals surface area contributed by atoms with Crippen molar-refractivity contribution in [3.8, 4) is 0 Å². The molecule has 41 heavy (non-hydrogen) atoms. The Morgan fingerprint density at radius 1 is 1.07 bits per heavy atom. The van der Waals surface area contributed by atoms with Crippen LogP contribution in [0.2, 0.25) is 0 Å². The predicted molar refractivity (Wildman–Crippen MR) is 159 cm³/mol. The van der Waals surface area contributed by atoms with Gasteiger partial charge < -0.3 is 14.7 Å². The number of aryl methyl sites for hydroxylation is 1. The number of hydrogen-bond acceptors (Lipinski definition) is 4. The van der Waals surface area contributed by atoms with Gasteiger partial charge in [0.2, 0.25) is 5.91 Å². The SMILES string of the molecule is Cn1ncc2cc(C34CCC(CN(C(=O)C5CCCCC5)c5cccc6c5CCC(C(=O)O)=C6)(CC3)CO4)ccc21. The Morgan fingerprint density at radius 3 is 2.61 bits per heavy atom. The van der Waals surface area contributed by atoms with Gasteiger partial charge in [0.25, 0.3) is 0 Å². The third-order valence-corrected chi connectivity index (χ3v) is 10.5. The van der Waals surface area contributed by atoms with Gasteiger partial charge in [0.15, 0.2) is 0 Å². The van der Waals surface area contributed by atoms with Gasteiger partial charge in [-0.15, -0.1) is 0 Å². The lowest BCUT2D eigenvalue weighted by atomic mass is 9.63. The number of carboxylic acid groups (broad SMARTS) is 1. The highest BCUT2D eigenvalue weighted by Crippen LogP contribution is 2.54. The first kappa shape index (κ1) is 26.4. The van der Waals surface area contributed by atoms with E-state index >= 15 is 0 Å². The van der Waals surface area contributed by atoms with Crippen molar-refractivity contribution in [2.24, 2.45) is 18.4 Å². The first-order valence-electron chi connectivity index (χ1n) is 15.3.